The van der Waals surface area contributed by atoms with Gasteiger partial charge in [-0.15, -0.1) is 7.92 Å². The Morgan fingerprint density at radius 2 is 2.00 bits per heavy atom. The molecule has 0 nitrogen and oxygen atoms in total. The van der Waals surface area contributed by atoms with E-state index in [1.807, 2.05) is 0 Å². The third-order valence-corrected chi connectivity index (χ3v) is 0. The quantitative estimate of drug-likeness (QED) is 0.383. The number of rotatable bonds is 0. The van der Waals surface area contributed by atoms with Crippen LogP contribution in [-0.2, 0) is 0 Å². The van der Waals surface area contributed by atoms with Crippen LogP contribution in [0.3, 0.4) is 0 Å². The molecular formula is C3H9P. The lowest BCUT2D eigenvalue weighted by Crippen LogP contribution is -1.48. The molecule has 0 rings (SSSR count). The van der Waals surface area contributed by atoms with Crippen molar-refractivity contribution < 1.29 is 1.37 Å². The first-order valence-corrected chi connectivity index (χ1v) is 3.63. The summed E-state index contributed by atoms with van der Waals surface area (Å²) in [5.74, 6) is 0. The molecule has 0 saturated heterocycles. The van der Waals surface area contributed by atoms with Crippen molar-refractivity contribution >= 4 is 7.92 Å². The third-order valence-electron chi connectivity index (χ3n) is 0. The molecule has 0 radical (unpaired) electrons. The molecule has 0 aliphatic rings. The zero-order chi connectivity index (χ0) is 4.28. The average Bonchev–Trinajstić information content (AvgIpc) is 1.38. The maximum Gasteiger partial charge on any atom is 0.0279 e. The lowest BCUT2D eigenvalue weighted by molar-refractivity contribution is 2.13. The van der Waals surface area contributed by atoms with Gasteiger partial charge in [0.2, 0.25) is 0 Å². The summed E-state index contributed by atoms with van der Waals surface area (Å²) < 4.78 is 6.69. The molecule has 0 aromatic rings. The second kappa shape index (κ2) is 1.72. The first kappa shape index (κ1) is 2.66. The van der Waals surface area contributed by atoms with E-state index < -0.39 is 0 Å². The maximum absolute atomic E-state index is 6.69. The highest BCUT2D eigenvalue weighted by atomic mass is 31.1. The van der Waals surface area contributed by atoms with Gasteiger partial charge in [0.25, 0.3) is 0 Å². The van der Waals surface area contributed by atoms with Crippen molar-refractivity contribution in [3.8, 4) is 0 Å². The van der Waals surface area contributed by atoms with E-state index in [0.717, 1.165) is 0 Å². The molecule has 0 spiro atoms. The smallest absolute Gasteiger partial charge is 0.0279 e. The molecule has 4 heavy (non-hydrogen) atoms. The third kappa shape index (κ3) is 26.9. The standard InChI is InChI=1S/C3H9P/c1-4(2)3/h1-3H3/i1D. The summed E-state index contributed by atoms with van der Waals surface area (Å²) in [7, 11) is 0.0684. The summed E-state index contributed by atoms with van der Waals surface area (Å²) in [5, 5.41) is 0. The molecule has 0 fully saturated rings. The van der Waals surface area contributed by atoms with Crippen LogP contribution in [0.2, 0.25) is 0 Å². The Morgan fingerprint density at radius 3 is 2.00 bits per heavy atom. The molecule has 0 aromatic carbocycles. The van der Waals surface area contributed by atoms with Crippen molar-refractivity contribution in [2.45, 2.75) is 0 Å². The fourth-order valence-corrected chi connectivity index (χ4v) is 0. The van der Waals surface area contributed by atoms with Crippen LogP contribution in [0.15, 0.2) is 0 Å². The van der Waals surface area contributed by atoms with Crippen LogP contribution < -0.4 is 0 Å². The van der Waals surface area contributed by atoms with Gasteiger partial charge in [-0.2, -0.15) is 0 Å². The molecule has 0 atom stereocenters. The van der Waals surface area contributed by atoms with Crippen molar-refractivity contribution in [1.29, 1.82) is 0 Å². The van der Waals surface area contributed by atoms with Crippen LogP contribution in [0, 0.1) is 0 Å². The van der Waals surface area contributed by atoms with Crippen molar-refractivity contribution in [2.24, 2.45) is 0 Å². The molecule has 0 aliphatic carbocycles. The van der Waals surface area contributed by atoms with Crippen molar-refractivity contribution in [3.05, 3.63) is 0 Å². The number of hydrogen-bond donors (Lipinski definition) is 0. The first-order chi connectivity index (χ1) is 2.27. The van der Waals surface area contributed by atoms with Gasteiger partial charge in [0.1, 0.15) is 0 Å². The van der Waals surface area contributed by atoms with E-state index in [1.54, 1.807) is 0 Å². The fraction of sp³-hybridized carbons (Fsp3) is 1.00. The molecule has 0 bridgehead atoms. The van der Waals surface area contributed by atoms with Crippen LogP contribution in [0.5, 0.6) is 0 Å². The average molecular weight is 77.1 g/mol. The van der Waals surface area contributed by atoms with Gasteiger partial charge in [0, 0.05) is 1.37 Å². The largest absolute Gasteiger partial charge is 0.116 e. The molecule has 0 amide bonds. The zero-order valence-corrected chi connectivity index (χ0v) is 4.05. The zero-order valence-electron chi connectivity index (χ0n) is 4.15. The molecule has 0 heterocycles. The Balaban J connectivity index is 2.54. The highest BCUT2D eigenvalue weighted by molar-refractivity contribution is 7.55. The summed E-state index contributed by atoms with van der Waals surface area (Å²) in [4.78, 5) is 0. The summed E-state index contributed by atoms with van der Waals surface area (Å²) in [6.45, 7) is 4.82. The van der Waals surface area contributed by atoms with Gasteiger partial charge >= 0.3 is 0 Å². The lowest BCUT2D eigenvalue weighted by Gasteiger charge is -1.81. The van der Waals surface area contributed by atoms with E-state index in [-0.39, 0.29) is 7.92 Å². The van der Waals surface area contributed by atoms with Crippen LogP contribution in [0.1, 0.15) is 1.37 Å². The minimum Gasteiger partial charge on any atom is -0.116 e. The molecule has 0 aliphatic heterocycles. The van der Waals surface area contributed by atoms with E-state index in [1.165, 1.54) is 0 Å². The highest BCUT2D eigenvalue weighted by Gasteiger charge is 1.65. The summed E-state index contributed by atoms with van der Waals surface area (Å²) in [6.07, 6.45) is 0. The van der Waals surface area contributed by atoms with Gasteiger partial charge in [-0.05, 0) is 20.0 Å². The van der Waals surface area contributed by atoms with Crippen LogP contribution in [0.4, 0.5) is 0 Å². The second-order valence-electron chi connectivity index (χ2n) is 1.08. The molecule has 0 N–H and O–H groups in total. The van der Waals surface area contributed by atoms with Crippen LogP contribution in [-0.4, -0.2) is 20.0 Å². The molecular weight excluding hydrogens is 67.0 g/mol. The Kier molecular flexibility index (Phi) is 1.14. The summed E-state index contributed by atoms with van der Waals surface area (Å²) >= 11 is 0. The van der Waals surface area contributed by atoms with Crippen molar-refractivity contribution in [3.63, 3.8) is 0 Å². The number of hydrogen-bond acceptors (Lipinski definition) is 0. The van der Waals surface area contributed by atoms with Gasteiger partial charge in [-0.1, -0.05) is 0 Å². The predicted molar refractivity (Wildman–Crippen MR) is 24.7 cm³/mol. The fourth-order valence-electron chi connectivity index (χ4n) is 0. The van der Waals surface area contributed by atoms with Crippen molar-refractivity contribution in [1.82, 2.24) is 0 Å². The second-order valence-corrected chi connectivity index (χ2v) is 3.24. The highest BCUT2D eigenvalue weighted by Crippen LogP contribution is 2.14. The van der Waals surface area contributed by atoms with Crippen molar-refractivity contribution in [2.75, 3.05) is 20.0 Å². The molecule has 0 aromatic heterocycles. The van der Waals surface area contributed by atoms with E-state index in [0.29, 0.717) is 6.64 Å². The van der Waals surface area contributed by atoms with Gasteiger partial charge in [-0.25, -0.2) is 0 Å². The first-order valence-electron chi connectivity index (χ1n) is 1.92. The SMILES string of the molecule is [2H]CP(C)C. The van der Waals surface area contributed by atoms with Crippen LogP contribution >= 0.6 is 7.92 Å². The minimum absolute atomic E-state index is 0.0684. The molecule has 1 heteroatoms. The van der Waals surface area contributed by atoms with Gasteiger partial charge in [-0.3, -0.25) is 0 Å². The van der Waals surface area contributed by atoms with Gasteiger partial charge in [0.05, 0.1) is 0 Å². The van der Waals surface area contributed by atoms with E-state index in [2.05, 4.69) is 13.3 Å². The summed E-state index contributed by atoms with van der Waals surface area (Å²) in [5.41, 5.74) is 0. The Bertz CT molecular complexity index is 20.9. The molecule has 26 valence electrons. The molecule has 0 unspecified atom stereocenters. The van der Waals surface area contributed by atoms with Gasteiger partial charge < -0.3 is 0 Å². The van der Waals surface area contributed by atoms with Gasteiger partial charge in [0.15, 0.2) is 0 Å². The maximum atomic E-state index is 6.69. The normalized spacial score (nSPS) is 12.2. The minimum atomic E-state index is 0.0684. The predicted octanol–water partition coefficient (Wildman–Crippen LogP) is 1.36. The lowest BCUT2D eigenvalue weighted by atomic mass is 11.9. The monoisotopic (exact) mass is 77.1 g/mol. The van der Waals surface area contributed by atoms with E-state index >= 15 is 0 Å². The summed E-state index contributed by atoms with van der Waals surface area (Å²) in [6, 6.07) is 0. The topological polar surface area (TPSA) is 0 Å². The van der Waals surface area contributed by atoms with Crippen LogP contribution in [0.25, 0.3) is 0 Å². The van der Waals surface area contributed by atoms with E-state index in [4.69, 9.17) is 1.37 Å². The van der Waals surface area contributed by atoms with E-state index in [9.17, 15) is 0 Å². The Morgan fingerprint density at radius 1 is 1.75 bits per heavy atom. The molecule has 0 saturated carbocycles. The Hall–Kier alpha value is 0.430. The Labute approximate surface area is 30.4 Å².